The number of aliphatic hydroxyl groups is 2. The molecule has 0 aliphatic carbocycles. The van der Waals surface area contributed by atoms with Crippen molar-refractivity contribution < 1.29 is 24.5 Å². The minimum atomic E-state index is -0.881. The molecule has 0 amide bonds. The van der Waals surface area contributed by atoms with Crippen LogP contribution < -0.4 is 4.74 Å². The highest BCUT2D eigenvalue weighted by Gasteiger charge is 2.27. The van der Waals surface area contributed by atoms with Crippen LogP contribution in [-0.2, 0) is 16.0 Å². The summed E-state index contributed by atoms with van der Waals surface area (Å²) in [6.07, 6.45) is -0.191. The molecular formula is C14H18O5. The molecule has 2 unspecified atom stereocenters. The number of benzene rings is 1. The van der Waals surface area contributed by atoms with E-state index in [0.717, 1.165) is 5.56 Å². The third-order valence-electron chi connectivity index (χ3n) is 3.14. The summed E-state index contributed by atoms with van der Waals surface area (Å²) >= 11 is 0. The Labute approximate surface area is 111 Å². The Hall–Kier alpha value is -1.59. The Morgan fingerprint density at radius 3 is 3.05 bits per heavy atom. The van der Waals surface area contributed by atoms with Crippen LogP contribution in [0.3, 0.4) is 0 Å². The Morgan fingerprint density at radius 2 is 2.37 bits per heavy atom. The van der Waals surface area contributed by atoms with Crippen molar-refractivity contribution in [1.82, 2.24) is 0 Å². The highest BCUT2D eigenvalue weighted by molar-refractivity contribution is 5.75. The average Bonchev–Trinajstić information content (AvgIpc) is 2.45. The molecule has 0 saturated carbocycles. The number of ether oxygens (including phenoxy) is 2. The maximum absolute atomic E-state index is 11.6. The standard InChI is InChI=1S/C14H18O5/c1-2-18-14(17)13-6-4-10-7-9(11(16)8-15)3-5-12(10)19-13/h3,5,7,11,13,15-16H,2,4,6,8H2,1H3. The van der Waals surface area contributed by atoms with E-state index in [2.05, 4.69) is 0 Å². The molecule has 1 aromatic rings. The van der Waals surface area contributed by atoms with Gasteiger partial charge in [-0.15, -0.1) is 0 Å². The second kappa shape index (κ2) is 6.04. The summed E-state index contributed by atoms with van der Waals surface area (Å²) in [5.74, 6) is 0.297. The van der Waals surface area contributed by atoms with Gasteiger partial charge in [0.2, 0.25) is 0 Å². The van der Waals surface area contributed by atoms with E-state index in [0.29, 0.717) is 30.8 Å². The fraction of sp³-hybridized carbons (Fsp3) is 0.500. The molecule has 2 N–H and O–H groups in total. The van der Waals surface area contributed by atoms with Crippen molar-refractivity contribution in [2.24, 2.45) is 0 Å². The first kappa shape index (κ1) is 13.8. The van der Waals surface area contributed by atoms with E-state index < -0.39 is 12.2 Å². The molecule has 0 radical (unpaired) electrons. The first-order valence-electron chi connectivity index (χ1n) is 6.40. The Balaban J connectivity index is 2.12. The molecule has 0 spiro atoms. The molecular weight excluding hydrogens is 248 g/mol. The topological polar surface area (TPSA) is 76.0 Å². The van der Waals surface area contributed by atoms with E-state index in [9.17, 15) is 9.90 Å². The van der Waals surface area contributed by atoms with Crippen molar-refractivity contribution in [3.05, 3.63) is 29.3 Å². The Kier molecular flexibility index (Phi) is 4.39. The summed E-state index contributed by atoms with van der Waals surface area (Å²) in [5, 5.41) is 18.5. The molecule has 0 bridgehead atoms. The number of carbonyl (C=O) groups excluding carboxylic acids is 1. The monoisotopic (exact) mass is 266 g/mol. The van der Waals surface area contributed by atoms with Crippen LogP contribution >= 0.6 is 0 Å². The largest absolute Gasteiger partial charge is 0.478 e. The van der Waals surface area contributed by atoms with Crippen molar-refractivity contribution in [2.45, 2.75) is 32.0 Å². The van der Waals surface area contributed by atoms with Crippen LogP contribution in [0.5, 0.6) is 5.75 Å². The highest BCUT2D eigenvalue weighted by Crippen LogP contribution is 2.30. The number of hydrogen-bond donors (Lipinski definition) is 2. The van der Waals surface area contributed by atoms with Gasteiger partial charge in [0.15, 0.2) is 6.10 Å². The molecule has 0 saturated heterocycles. The van der Waals surface area contributed by atoms with Crippen molar-refractivity contribution >= 4 is 5.97 Å². The second-order valence-electron chi connectivity index (χ2n) is 4.46. The molecule has 0 aromatic heterocycles. The van der Waals surface area contributed by atoms with Gasteiger partial charge in [-0.1, -0.05) is 6.07 Å². The predicted octanol–water partition coefficient (Wildman–Crippen LogP) is 0.969. The van der Waals surface area contributed by atoms with Crippen LogP contribution in [0.4, 0.5) is 0 Å². The number of fused-ring (bicyclic) bond motifs is 1. The first-order chi connectivity index (χ1) is 9.15. The summed E-state index contributed by atoms with van der Waals surface area (Å²) in [6.45, 7) is 1.79. The van der Waals surface area contributed by atoms with E-state index in [1.807, 2.05) is 0 Å². The quantitative estimate of drug-likeness (QED) is 0.794. The number of esters is 1. The Bertz CT molecular complexity index is 457. The summed E-state index contributed by atoms with van der Waals surface area (Å²) in [5.41, 5.74) is 1.59. The zero-order valence-corrected chi connectivity index (χ0v) is 10.8. The lowest BCUT2D eigenvalue weighted by Gasteiger charge is -2.25. The van der Waals surface area contributed by atoms with Gasteiger partial charge in [0.05, 0.1) is 13.2 Å². The third-order valence-corrected chi connectivity index (χ3v) is 3.14. The maximum Gasteiger partial charge on any atom is 0.347 e. The number of rotatable bonds is 4. The van der Waals surface area contributed by atoms with Crippen LogP contribution in [0.25, 0.3) is 0 Å². The molecule has 1 aromatic carbocycles. The lowest BCUT2D eigenvalue weighted by Crippen LogP contribution is -2.32. The smallest absolute Gasteiger partial charge is 0.347 e. The van der Waals surface area contributed by atoms with Crippen molar-refractivity contribution in [1.29, 1.82) is 0 Å². The molecule has 1 aliphatic rings. The van der Waals surface area contributed by atoms with Gasteiger partial charge in [-0.25, -0.2) is 4.79 Å². The maximum atomic E-state index is 11.6. The number of aryl methyl sites for hydroxylation is 1. The van der Waals surface area contributed by atoms with Gasteiger partial charge in [-0.3, -0.25) is 0 Å². The summed E-state index contributed by atoms with van der Waals surface area (Å²) < 4.78 is 10.5. The third kappa shape index (κ3) is 3.05. The van der Waals surface area contributed by atoms with Gasteiger partial charge >= 0.3 is 5.97 Å². The second-order valence-corrected chi connectivity index (χ2v) is 4.46. The van der Waals surface area contributed by atoms with Gasteiger partial charge in [0, 0.05) is 0 Å². The van der Waals surface area contributed by atoms with Gasteiger partial charge < -0.3 is 19.7 Å². The SMILES string of the molecule is CCOC(=O)C1CCc2cc(C(O)CO)ccc2O1. The minimum Gasteiger partial charge on any atom is -0.478 e. The van der Waals surface area contributed by atoms with Crippen molar-refractivity contribution in [3.8, 4) is 5.75 Å². The van der Waals surface area contributed by atoms with Gasteiger partial charge in [-0.05, 0) is 43.0 Å². The minimum absolute atomic E-state index is 0.314. The van der Waals surface area contributed by atoms with E-state index >= 15 is 0 Å². The summed E-state index contributed by atoms with van der Waals surface area (Å²) in [7, 11) is 0. The van der Waals surface area contributed by atoms with Gasteiger partial charge in [-0.2, -0.15) is 0 Å². The predicted molar refractivity (Wildman–Crippen MR) is 67.9 cm³/mol. The lowest BCUT2D eigenvalue weighted by atomic mass is 9.98. The molecule has 2 rings (SSSR count). The fourth-order valence-corrected chi connectivity index (χ4v) is 2.12. The lowest BCUT2D eigenvalue weighted by molar-refractivity contribution is -0.152. The number of aliphatic hydroxyl groups excluding tert-OH is 2. The molecule has 19 heavy (non-hydrogen) atoms. The average molecular weight is 266 g/mol. The zero-order valence-electron chi connectivity index (χ0n) is 10.8. The first-order valence-corrected chi connectivity index (χ1v) is 6.40. The molecule has 2 atom stereocenters. The number of hydrogen-bond acceptors (Lipinski definition) is 5. The van der Waals surface area contributed by atoms with E-state index in [-0.39, 0.29) is 12.6 Å². The van der Waals surface area contributed by atoms with Crippen molar-refractivity contribution in [2.75, 3.05) is 13.2 Å². The fourth-order valence-electron chi connectivity index (χ4n) is 2.12. The Morgan fingerprint density at radius 1 is 1.58 bits per heavy atom. The van der Waals surface area contributed by atoms with Crippen LogP contribution in [0.15, 0.2) is 18.2 Å². The summed E-state index contributed by atoms with van der Waals surface area (Å²) in [4.78, 5) is 11.6. The van der Waals surface area contributed by atoms with Gasteiger partial charge in [0.1, 0.15) is 11.9 Å². The molecule has 1 heterocycles. The molecule has 104 valence electrons. The van der Waals surface area contributed by atoms with Crippen LogP contribution in [-0.4, -0.2) is 35.5 Å². The normalized spacial score (nSPS) is 19.2. The molecule has 1 aliphatic heterocycles. The van der Waals surface area contributed by atoms with Crippen LogP contribution in [0, 0.1) is 0 Å². The van der Waals surface area contributed by atoms with Crippen LogP contribution in [0.1, 0.15) is 30.6 Å². The molecule has 5 heteroatoms. The van der Waals surface area contributed by atoms with Crippen molar-refractivity contribution in [3.63, 3.8) is 0 Å². The number of carbonyl (C=O) groups is 1. The van der Waals surface area contributed by atoms with Crippen LogP contribution in [0.2, 0.25) is 0 Å². The molecule has 0 fully saturated rings. The summed E-state index contributed by atoms with van der Waals surface area (Å²) in [6, 6.07) is 5.21. The van der Waals surface area contributed by atoms with E-state index in [4.69, 9.17) is 14.6 Å². The van der Waals surface area contributed by atoms with Gasteiger partial charge in [0.25, 0.3) is 0 Å². The zero-order chi connectivity index (χ0) is 13.8. The van der Waals surface area contributed by atoms with E-state index in [1.54, 1.807) is 25.1 Å². The highest BCUT2D eigenvalue weighted by atomic mass is 16.6. The molecule has 5 nitrogen and oxygen atoms in total. The van der Waals surface area contributed by atoms with E-state index in [1.165, 1.54) is 0 Å².